The molecule has 1 rings (SSSR count). The van der Waals surface area contributed by atoms with Gasteiger partial charge in [-0.1, -0.05) is 0 Å². The Bertz CT molecular complexity index is 435. The number of nitrogens with two attached hydrogens (primary N) is 1. The normalized spacial score (nSPS) is 9.94. The van der Waals surface area contributed by atoms with Crippen molar-refractivity contribution in [1.29, 1.82) is 0 Å². The van der Waals surface area contributed by atoms with E-state index in [0.29, 0.717) is 0 Å². The van der Waals surface area contributed by atoms with E-state index in [0.717, 1.165) is 6.07 Å². The molecule has 5 nitrogen and oxygen atoms in total. The van der Waals surface area contributed by atoms with Gasteiger partial charge >= 0.3 is 5.97 Å². The Labute approximate surface area is 97.4 Å². The fourth-order valence-electron chi connectivity index (χ4n) is 1.25. The van der Waals surface area contributed by atoms with E-state index >= 15 is 0 Å². The first-order valence-electron chi connectivity index (χ1n) is 5.05. The number of anilines is 2. The van der Waals surface area contributed by atoms with Crippen molar-refractivity contribution in [2.45, 2.75) is 19.3 Å². The maximum Gasteiger partial charge on any atom is 0.303 e. The average Bonchev–Trinajstić information content (AvgIpc) is 2.23. The van der Waals surface area contributed by atoms with Gasteiger partial charge in [0, 0.05) is 12.8 Å². The van der Waals surface area contributed by atoms with Crippen LogP contribution in [0.1, 0.15) is 19.3 Å². The summed E-state index contributed by atoms with van der Waals surface area (Å²) in [6.45, 7) is 0. The van der Waals surface area contributed by atoms with E-state index in [2.05, 4.69) is 5.32 Å². The first-order chi connectivity index (χ1) is 7.99. The van der Waals surface area contributed by atoms with Gasteiger partial charge in [-0.25, -0.2) is 4.39 Å². The van der Waals surface area contributed by atoms with Gasteiger partial charge in [-0.05, 0) is 24.6 Å². The second kappa shape index (κ2) is 5.83. The summed E-state index contributed by atoms with van der Waals surface area (Å²) < 4.78 is 12.9. The van der Waals surface area contributed by atoms with Crippen molar-refractivity contribution in [2.75, 3.05) is 11.1 Å². The Hall–Kier alpha value is -2.11. The van der Waals surface area contributed by atoms with Crippen LogP contribution < -0.4 is 11.1 Å². The highest BCUT2D eigenvalue weighted by Gasteiger charge is 2.07. The molecule has 0 saturated heterocycles. The van der Waals surface area contributed by atoms with Crippen molar-refractivity contribution in [1.82, 2.24) is 0 Å². The number of rotatable bonds is 5. The molecular formula is C11H13FN2O3. The molecule has 0 spiro atoms. The molecule has 4 N–H and O–H groups in total. The van der Waals surface area contributed by atoms with Gasteiger partial charge in [-0.3, -0.25) is 9.59 Å². The molecule has 0 saturated carbocycles. The standard InChI is InChI=1S/C11H13FN2O3/c12-7-4-5-8(13)9(6-7)14-10(15)2-1-3-11(16)17/h4-6H,1-3,13H2,(H,14,15)(H,16,17). The van der Waals surface area contributed by atoms with Crippen LogP contribution in [-0.4, -0.2) is 17.0 Å². The first-order valence-corrected chi connectivity index (χ1v) is 5.05. The monoisotopic (exact) mass is 240 g/mol. The Morgan fingerprint density at radius 3 is 2.71 bits per heavy atom. The molecule has 0 aliphatic heterocycles. The van der Waals surface area contributed by atoms with Gasteiger partial charge in [0.1, 0.15) is 5.82 Å². The SMILES string of the molecule is Nc1ccc(F)cc1NC(=O)CCCC(=O)O. The average molecular weight is 240 g/mol. The van der Waals surface area contributed by atoms with Gasteiger partial charge in [0.2, 0.25) is 5.91 Å². The fourth-order valence-corrected chi connectivity index (χ4v) is 1.25. The maximum absolute atomic E-state index is 12.9. The summed E-state index contributed by atoms with van der Waals surface area (Å²) in [6, 6.07) is 3.65. The highest BCUT2D eigenvalue weighted by Crippen LogP contribution is 2.19. The Morgan fingerprint density at radius 1 is 1.35 bits per heavy atom. The molecule has 92 valence electrons. The van der Waals surface area contributed by atoms with Gasteiger partial charge in [-0.2, -0.15) is 0 Å². The molecule has 1 aromatic carbocycles. The molecule has 0 fully saturated rings. The van der Waals surface area contributed by atoms with E-state index in [-0.39, 0.29) is 36.5 Å². The number of hydrogen-bond donors (Lipinski definition) is 3. The van der Waals surface area contributed by atoms with Crippen molar-refractivity contribution >= 4 is 23.3 Å². The van der Waals surface area contributed by atoms with Crippen LogP contribution in [0.15, 0.2) is 18.2 Å². The zero-order valence-corrected chi connectivity index (χ0v) is 9.07. The van der Waals surface area contributed by atoms with Gasteiger partial charge in [0.25, 0.3) is 0 Å². The summed E-state index contributed by atoms with van der Waals surface area (Å²) in [6.07, 6.45) is 0.213. The molecular weight excluding hydrogens is 227 g/mol. The molecule has 0 bridgehead atoms. The number of carboxylic acid groups (broad SMARTS) is 1. The molecule has 0 radical (unpaired) electrons. The van der Waals surface area contributed by atoms with E-state index in [9.17, 15) is 14.0 Å². The van der Waals surface area contributed by atoms with Crippen molar-refractivity contribution in [2.24, 2.45) is 0 Å². The fraction of sp³-hybridized carbons (Fsp3) is 0.273. The number of carbonyl (C=O) groups excluding carboxylic acids is 1. The van der Waals surface area contributed by atoms with Crippen LogP contribution in [0.5, 0.6) is 0 Å². The molecule has 0 unspecified atom stereocenters. The van der Waals surface area contributed by atoms with Crippen LogP contribution in [-0.2, 0) is 9.59 Å². The lowest BCUT2D eigenvalue weighted by atomic mass is 10.2. The topological polar surface area (TPSA) is 92.4 Å². The lowest BCUT2D eigenvalue weighted by Gasteiger charge is -2.07. The molecule has 6 heteroatoms. The number of benzene rings is 1. The second-order valence-electron chi connectivity index (χ2n) is 3.53. The molecule has 0 atom stereocenters. The third-order valence-corrected chi connectivity index (χ3v) is 2.08. The highest BCUT2D eigenvalue weighted by molar-refractivity contribution is 5.93. The molecule has 17 heavy (non-hydrogen) atoms. The highest BCUT2D eigenvalue weighted by atomic mass is 19.1. The van der Waals surface area contributed by atoms with Gasteiger partial charge in [-0.15, -0.1) is 0 Å². The smallest absolute Gasteiger partial charge is 0.303 e. The van der Waals surface area contributed by atoms with Crippen LogP contribution in [0, 0.1) is 5.82 Å². The van der Waals surface area contributed by atoms with Crippen LogP contribution in [0.3, 0.4) is 0 Å². The van der Waals surface area contributed by atoms with Gasteiger partial charge in [0.15, 0.2) is 0 Å². The van der Waals surface area contributed by atoms with Crippen LogP contribution in [0.4, 0.5) is 15.8 Å². The summed E-state index contributed by atoms with van der Waals surface area (Å²) in [4.78, 5) is 21.6. The van der Waals surface area contributed by atoms with Crippen LogP contribution in [0.2, 0.25) is 0 Å². The molecule has 0 heterocycles. The van der Waals surface area contributed by atoms with Gasteiger partial charge < -0.3 is 16.2 Å². The summed E-state index contributed by atoms with van der Waals surface area (Å²) >= 11 is 0. The van der Waals surface area contributed by atoms with E-state index in [4.69, 9.17) is 10.8 Å². The van der Waals surface area contributed by atoms with E-state index < -0.39 is 11.8 Å². The predicted octanol–water partition coefficient (Wildman–Crippen LogP) is 1.60. The van der Waals surface area contributed by atoms with Crippen LogP contribution in [0.25, 0.3) is 0 Å². The van der Waals surface area contributed by atoms with Crippen molar-refractivity contribution in [3.05, 3.63) is 24.0 Å². The predicted molar refractivity (Wildman–Crippen MR) is 60.9 cm³/mol. The third-order valence-electron chi connectivity index (χ3n) is 2.08. The number of carboxylic acids is 1. The lowest BCUT2D eigenvalue weighted by molar-refractivity contribution is -0.137. The quantitative estimate of drug-likeness (QED) is 0.681. The minimum atomic E-state index is -0.955. The molecule has 1 amide bonds. The maximum atomic E-state index is 12.9. The van der Waals surface area contributed by atoms with Crippen molar-refractivity contribution < 1.29 is 19.1 Å². The van der Waals surface area contributed by atoms with E-state index in [1.54, 1.807) is 0 Å². The molecule has 0 aromatic heterocycles. The molecule has 0 aliphatic carbocycles. The zero-order chi connectivity index (χ0) is 12.8. The lowest BCUT2D eigenvalue weighted by Crippen LogP contribution is -2.13. The summed E-state index contributed by atoms with van der Waals surface area (Å²) in [5.74, 6) is -1.84. The Morgan fingerprint density at radius 2 is 2.06 bits per heavy atom. The number of carbonyl (C=O) groups is 2. The number of amides is 1. The minimum Gasteiger partial charge on any atom is -0.481 e. The summed E-state index contributed by atoms with van der Waals surface area (Å²) in [7, 11) is 0. The number of hydrogen-bond acceptors (Lipinski definition) is 3. The summed E-state index contributed by atoms with van der Waals surface area (Å²) in [5.41, 5.74) is 6.00. The number of aliphatic carboxylic acids is 1. The van der Waals surface area contributed by atoms with E-state index in [1.807, 2.05) is 0 Å². The second-order valence-corrected chi connectivity index (χ2v) is 3.53. The van der Waals surface area contributed by atoms with Gasteiger partial charge in [0.05, 0.1) is 11.4 Å². The van der Waals surface area contributed by atoms with E-state index in [1.165, 1.54) is 12.1 Å². The third kappa shape index (κ3) is 4.50. The number of halogens is 1. The number of nitrogens with one attached hydrogen (secondary N) is 1. The van der Waals surface area contributed by atoms with Crippen LogP contribution >= 0.6 is 0 Å². The molecule has 0 aliphatic rings. The zero-order valence-electron chi connectivity index (χ0n) is 9.07. The molecule has 1 aromatic rings. The first kappa shape index (κ1) is 13.0. The Kier molecular flexibility index (Phi) is 4.45. The van der Waals surface area contributed by atoms with Crippen molar-refractivity contribution in [3.63, 3.8) is 0 Å². The van der Waals surface area contributed by atoms with Crippen molar-refractivity contribution in [3.8, 4) is 0 Å². The Balaban J connectivity index is 2.50. The number of nitrogen functional groups attached to an aromatic ring is 1. The summed E-state index contributed by atoms with van der Waals surface area (Å²) in [5, 5.41) is 10.8. The minimum absolute atomic E-state index is 0.0578. The largest absolute Gasteiger partial charge is 0.481 e.